The van der Waals surface area contributed by atoms with Crippen LogP contribution in [0.25, 0.3) is 0 Å². The predicted molar refractivity (Wildman–Crippen MR) is 323 cm³/mol. The van der Waals surface area contributed by atoms with E-state index in [4.69, 9.17) is 27.9 Å². The highest BCUT2D eigenvalue weighted by molar-refractivity contribution is 6.31. The van der Waals surface area contributed by atoms with Gasteiger partial charge in [0.15, 0.2) is 17.2 Å². The Kier molecular flexibility index (Phi) is 18.0. The molecule has 1 saturated carbocycles. The van der Waals surface area contributed by atoms with E-state index in [0.717, 1.165) is 61.0 Å². The number of fused-ring (bicyclic) bond motifs is 4. The van der Waals surface area contributed by atoms with E-state index in [1.165, 1.54) is 34.0 Å². The van der Waals surface area contributed by atoms with Gasteiger partial charge in [0.25, 0.3) is 6.43 Å². The second-order valence-electron chi connectivity index (χ2n) is 22.6. The molecule has 4 N–H and O–H groups in total. The van der Waals surface area contributed by atoms with Crippen molar-refractivity contribution in [2.45, 2.75) is 95.3 Å². The van der Waals surface area contributed by atoms with Crippen molar-refractivity contribution in [3.05, 3.63) is 254 Å². The minimum atomic E-state index is -2.52. The van der Waals surface area contributed by atoms with Gasteiger partial charge in [-0.15, -0.1) is 0 Å². The topological polar surface area (TPSA) is 191 Å². The molecule has 1 saturated heterocycles. The van der Waals surface area contributed by atoms with Gasteiger partial charge in [0.05, 0.1) is 43.4 Å². The van der Waals surface area contributed by atoms with Crippen molar-refractivity contribution in [3.63, 3.8) is 0 Å². The Morgan fingerprint density at radius 3 is 1.54 bits per heavy atom. The molecule has 14 rings (SSSR count). The van der Waals surface area contributed by atoms with E-state index in [2.05, 4.69) is 45.0 Å². The largest absolute Gasteiger partial charge is 0.503 e. The van der Waals surface area contributed by atoms with Crippen LogP contribution in [-0.4, -0.2) is 104 Å². The van der Waals surface area contributed by atoms with E-state index in [-0.39, 0.29) is 45.7 Å². The third-order valence-electron chi connectivity index (χ3n) is 17.3. The summed E-state index contributed by atoms with van der Waals surface area (Å²) in [4.78, 5) is 55.0. The molecule has 1 atom stereocenters. The summed E-state index contributed by atoms with van der Waals surface area (Å²) in [6.07, 6.45) is 4.14. The molecule has 17 nitrogen and oxygen atoms in total. The summed E-state index contributed by atoms with van der Waals surface area (Å²) in [6.45, 7) is 9.28. The lowest BCUT2D eigenvalue weighted by molar-refractivity contribution is -0.154. The maximum atomic E-state index is 13.8. The summed E-state index contributed by atoms with van der Waals surface area (Å²) in [6, 6.07) is 39.3. The van der Waals surface area contributed by atoms with E-state index >= 15 is 0 Å². The fourth-order valence-corrected chi connectivity index (χ4v) is 12.9. The molecule has 0 spiro atoms. The fraction of sp³-hybridized carbons (Fsp3) is 0.323. The summed E-state index contributed by atoms with van der Waals surface area (Å²) in [5, 5.41) is 39.4. The average molecular weight is 1230 g/mol. The first-order valence-electron chi connectivity index (χ1n) is 28.7. The van der Waals surface area contributed by atoms with Crippen molar-refractivity contribution in [2.24, 2.45) is 0 Å². The third-order valence-corrected chi connectivity index (χ3v) is 18.0. The molecule has 9 heterocycles. The minimum Gasteiger partial charge on any atom is -0.503 e. The second-order valence-corrected chi connectivity index (χ2v) is 23.4. The zero-order valence-electron chi connectivity index (χ0n) is 47.4. The zero-order chi connectivity index (χ0) is 61.1. The number of halogens is 5. The first kappa shape index (κ1) is 60.7. The number of benzene rings is 4. The van der Waals surface area contributed by atoms with Crippen molar-refractivity contribution >= 4 is 23.2 Å². The van der Waals surface area contributed by atoms with Crippen molar-refractivity contribution < 1.29 is 38.3 Å². The number of nitrogens with zero attached hydrogens (tertiary/aromatic N) is 8. The third kappa shape index (κ3) is 12.9. The van der Waals surface area contributed by atoms with Gasteiger partial charge in [-0.05, 0) is 47.2 Å². The normalized spacial score (nSPS) is 17.9. The van der Waals surface area contributed by atoms with Crippen LogP contribution in [0.3, 0.4) is 0 Å². The Hall–Kier alpha value is -7.95. The molecule has 6 aliphatic rings. The van der Waals surface area contributed by atoms with Gasteiger partial charge in [0.2, 0.25) is 33.4 Å². The summed E-state index contributed by atoms with van der Waals surface area (Å²) < 4.78 is 53.5. The number of aromatic hydroxyl groups is 4. The highest BCUT2D eigenvalue weighted by atomic mass is 35.5. The number of hydrogen-bond donors (Lipinski definition) is 4. The second kappa shape index (κ2) is 25.8. The quantitative estimate of drug-likeness (QED) is 0.101. The number of rotatable bonds is 9. The van der Waals surface area contributed by atoms with Crippen LogP contribution in [0.15, 0.2) is 171 Å². The Balaban J connectivity index is 0.000000120. The van der Waals surface area contributed by atoms with Gasteiger partial charge < -0.3 is 43.4 Å². The molecule has 1 unspecified atom stereocenters. The van der Waals surface area contributed by atoms with E-state index in [1.807, 2.05) is 57.7 Å². The standard InChI is InChI=1S/C17H17ClN2O2.C17H18N2O3.C16H16F2N2O2.C15H14ClFN2O2/c18-14-4-2-1-3-13(14)17(5-6-17)20-8-7-19-11-16(22)15(21)9-12(19)10-20;20-15-8-14-9-19(7-6-18(14)10-16(15)21)17(11-22-12-17)13-4-2-1-3-5-13;17-16(18)15(11-4-2-1-3-5-11)20-7-6-19-10-14(22)13(21)8-12(19)9-20;16-12-4-2-1-3-10(12)8-18-5-6-19-11(9-18)7-13(20)14(21)15(19)17/h1-4,9,11,22H,5-8,10H2;1-5,8,10,21H,6-7,9,11-12H2;1-5,8,10,15-16,22H,6-7,9H2;1-4,7,21H,5-6,8-9H2. The van der Waals surface area contributed by atoms with Gasteiger partial charge in [-0.3, -0.25) is 38.8 Å². The summed E-state index contributed by atoms with van der Waals surface area (Å²) in [5.74, 6) is -2.33. The highest BCUT2D eigenvalue weighted by Crippen LogP contribution is 2.54. The molecule has 4 aromatic carbocycles. The lowest BCUT2D eigenvalue weighted by Gasteiger charge is -2.51. The van der Waals surface area contributed by atoms with E-state index in [1.54, 1.807) is 64.3 Å². The van der Waals surface area contributed by atoms with Crippen LogP contribution in [0.4, 0.5) is 13.2 Å². The SMILES string of the molecule is O=c1cc2n(c(F)c1O)CCN(Cc1ccccc1Cl)C2.O=c1cc2n(cc1O)CCN(C(c1ccccc1)C(F)F)C2.O=c1cc2n(cc1O)CCN(C1(c3ccccc3)COC1)C2.O=c1cc2n(cc1O)CCN(C1(c3ccccc3Cl)CC1)C2. The van der Waals surface area contributed by atoms with Gasteiger partial charge >= 0.3 is 0 Å². The van der Waals surface area contributed by atoms with Crippen LogP contribution >= 0.6 is 23.2 Å². The monoisotopic (exact) mass is 1230 g/mol. The lowest BCUT2D eigenvalue weighted by Crippen LogP contribution is -2.61. The van der Waals surface area contributed by atoms with E-state index in [0.29, 0.717) is 87.5 Å². The Labute approximate surface area is 508 Å². The molecule has 22 heteroatoms. The first-order chi connectivity index (χ1) is 41.9. The smallest absolute Gasteiger partial charge is 0.258 e. The van der Waals surface area contributed by atoms with Gasteiger partial charge in [-0.25, -0.2) is 8.78 Å². The Bertz CT molecular complexity index is 4050. The van der Waals surface area contributed by atoms with Crippen molar-refractivity contribution in [1.82, 2.24) is 37.9 Å². The van der Waals surface area contributed by atoms with Crippen molar-refractivity contribution in [1.29, 1.82) is 0 Å². The van der Waals surface area contributed by atoms with Gasteiger partial charge in [-0.2, -0.15) is 4.39 Å². The maximum Gasteiger partial charge on any atom is 0.258 e. The van der Waals surface area contributed by atoms with Crippen molar-refractivity contribution in [2.75, 3.05) is 39.4 Å². The molecule has 8 aromatic rings. The number of aromatic nitrogens is 4. The predicted octanol–water partition coefficient (Wildman–Crippen LogP) is 8.75. The fourth-order valence-electron chi connectivity index (χ4n) is 12.4. The molecule has 87 heavy (non-hydrogen) atoms. The van der Waals surface area contributed by atoms with Crippen LogP contribution < -0.4 is 21.7 Å². The minimum absolute atomic E-state index is 0.0114. The van der Waals surface area contributed by atoms with Crippen LogP contribution in [-0.2, 0) is 74.7 Å². The Morgan fingerprint density at radius 2 is 1.01 bits per heavy atom. The maximum absolute atomic E-state index is 13.8. The summed E-state index contributed by atoms with van der Waals surface area (Å²) >= 11 is 12.5. The molecule has 2 fully saturated rings. The van der Waals surface area contributed by atoms with Gasteiger partial charge in [0.1, 0.15) is 0 Å². The van der Waals surface area contributed by atoms with Crippen LogP contribution in [0.5, 0.6) is 23.0 Å². The molecule has 0 amide bonds. The zero-order valence-corrected chi connectivity index (χ0v) is 48.9. The molecule has 454 valence electrons. The molecule has 5 aliphatic heterocycles. The number of alkyl halides is 2. The summed E-state index contributed by atoms with van der Waals surface area (Å²) in [7, 11) is 0. The molecule has 4 aromatic heterocycles. The molecular formula is C65H65Cl2F3N8O9. The molecular weight excluding hydrogens is 1160 g/mol. The number of ether oxygens (including phenoxy) is 1. The van der Waals surface area contributed by atoms with Crippen molar-refractivity contribution in [3.8, 4) is 23.0 Å². The number of hydrogen-bond acceptors (Lipinski definition) is 13. The van der Waals surface area contributed by atoms with Crippen LogP contribution in [0.1, 0.15) is 63.9 Å². The Morgan fingerprint density at radius 1 is 0.517 bits per heavy atom. The molecule has 1 aliphatic carbocycles. The first-order valence-corrected chi connectivity index (χ1v) is 29.5. The number of pyridine rings is 4. The van der Waals surface area contributed by atoms with Crippen LogP contribution in [0, 0.1) is 5.95 Å². The average Bonchev–Trinajstić information content (AvgIpc) is 1.77. The lowest BCUT2D eigenvalue weighted by atomic mass is 9.85. The van der Waals surface area contributed by atoms with Gasteiger partial charge in [0, 0.05) is 148 Å². The van der Waals surface area contributed by atoms with Gasteiger partial charge in [-0.1, -0.05) is 120 Å². The van der Waals surface area contributed by atoms with Crippen LogP contribution in [0.2, 0.25) is 10.0 Å². The molecule has 0 bridgehead atoms. The van der Waals surface area contributed by atoms with E-state index < -0.39 is 35.0 Å². The summed E-state index contributed by atoms with van der Waals surface area (Å²) in [5.41, 5.74) is 5.22. The molecule has 0 radical (unpaired) electrons. The highest BCUT2D eigenvalue weighted by Gasteiger charge is 2.51. The van der Waals surface area contributed by atoms with E-state index in [9.17, 15) is 52.8 Å².